The van der Waals surface area contributed by atoms with Crippen LogP contribution in [0.15, 0.2) is 0 Å². The molecule has 0 spiro atoms. The van der Waals surface area contributed by atoms with Crippen LogP contribution in [0.5, 0.6) is 0 Å². The molecule has 5 nitrogen and oxygen atoms in total. The molecule has 0 saturated carbocycles. The smallest absolute Gasteiger partial charge is 0.321 e. The summed E-state index contributed by atoms with van der Waals surface area (Å²) < 4.78 is 0. The van der Waals surface area contributed by atoms with E-state index in [1.807, 2.05) is 0 Å². The highest BCUT2D eigenvalue weighted by atomic mass is 16.4. The summed E-state index contributed by atoms with van der Waals surface area (Å²) in [5.74, 6) is -1.43. The van der Waals surface area contributed by atoms with Gasteiger partial charge in [0.2, 0.25) is 5.91 Å². The van der Waals surface area contributed by atoms with Crippen LogP contribution in [-0.2, 0) is 9.59 Å². The highest BCUT2D eigenvalue weighted by molar-refractivity contribution is 5.84. The molecule has 0 saturated heterocycles. The number of carbonyl (C=O) groups is 2. The van der Waals surface area contributed by atoms with Crippen molar-refractivity contribution < 1.29 is 14.7 Å². The molecule has 0 rings (SSSR count). The number of carbonyl (C=O) groups excluding carboxylic acids is 1. The normalized spacial score (nSPS) is 12.1. The van der Waals surface area contributed by atoms with Gasteiger partial charge in [-0.15, -0.1) is 0 Å². The van der Waals surface area contributed by atoms with E-state index >= 15 is 0 Å². The standard InChI is InChI=1S/C10H20N2O3/c1-2-3-4-5-6-12-9(13)7-8(11)10(14)15/h8H,2-7,11H2,1H3,(H,12,13)(H,14,15)/t8-/m1/s1. The van der Waals surface area contributed by atoms with E-state index in [1.54, 1.807) is 0 Å². The Kier molecular flexibility index (Phi) is 7.62. The topological polar surface area (TPSA) is 92.4 Å². The molecular weight excluding hydrogens is 196 g/mol. The molecule has 4 N–H and O–H groups in total. The molecule has 0 unspecified atom stereocenters. The van der Waals surface area contributed by atoms with E-state index in [0.717, 1.165) is 25.7 Å². The van der Waals surface area contributed by atoms with Gasteiger partial charge in [-0.1, -0.05) is 26.2 Å². The predicted molar refractivity (Wildman–Crippen MR) is 57.4 cm³/mol. The molecule has 1 amide bonds. The lowest BCUT2D eigenvalue weighted by atomic mass is 10.2. The zero-order valence-electron chi connectivity index (χ0n) is 9.16. The minimum atomic E-state index is -1.14. The number of nitrogens with two attached hydrogens (primary N) is 1. The van der Waals surface area contributed by atoms with Crippen LogP contribution >= 0.6 is 0 Å². The highest BCUT2D eigenvalue weighted by Gasteiger charge is 2.15. The third-order valence-electron chi connectivity index (χ3n) is 2.08. The van der Waals surface area contributed by atoms with Crippen molar-refractivity contribution in [1.29, 1.82) is 0 Å². The Morgan fingerprint density at radius 2 is 2.00 bits per heavy atom. The van der Waals surface area contributed by atoms with E-state index < -0.39 is 12.0 Å². The van der Waals surface area contributed by atoms with E-state index in [9.17, 15) is 9.59 Å². The molecule has 5 heteroatoms. The zero-order chi connectivity index (χ0) is 11.7. The number of hydrogen-bond donors (Lipinski definition) is 3. The van der Waals surface area contributed by atoms with Gasteiger partial charge in [-0.25, -0.2) is 0 Å². The fourth-order valence-electron chi connectivity index (χ4n) is 1.14. The summed E-state index contributed by atoms with van der Waals surface area (Å²) in [4.78, 5) is 21.5. The van der Waals surface area contributed by atoms with Gasteiger partial charge < -0.3 is 16.2 Å². The predicted octanol–water partition coefficient (Wildman–Crippen LogP) is 0.485. The summed E-state index contributed by atoms with van der Waals surface area (Å²) in [6.07, 6.45) is 4.18. The Labute approximate surface area is 90.0 Å². The first-order valence-electron chi connectivity index (χ1n) is 5.33. The lowest BCUT2D eigenvalue weighted by Crippen LogP contribution is -2.37. The van der Waals surface area contributed by atoms with Gasteiger partial charge >= 0.3 is 5.97 Å². The van der Waals surface area contributed by atoms with Gasteiger partial charge in [-0.05, 0) is 6.42 Å². The number of aliphatic carboxylic acids is 1. The summed E-state index contributed by atoms with van der Waals surface area (Å²) in [6, 6.07) is -1.10. The number of nitrogens with one attached hydrogen (secondary N) is 1. The summed E-state index contributed by atoms with van der Waals surface area (Å²) in [6.45, 7) is 2.72. The van der Waals surface area contributed by atoms with Crippen LogP contribution < -0.4 is 11.1 Å². The van der Waals surface area contributed by atoms with Crippen molar-refractivity contribution in [2.75, 3.05) is 6.54 Å². The van der Waals surface area contributed by atoms with Gasteiger partial charge in [0, 0.05) is 6.54 Å². The van der Waals surface area contributed by atoms with Gasteiger partial charge in [0.1, 0.15) is 6.04 Å². The molecule has 88 valence electrons. The Balaban J connectivity index is 3.45. The fraction of sp³-hybridized carbons (Fsp3) is 0.800. The minimum Gasteiger partial charge on any atom is -0.480 e. The molecule has 1 atom stereocenters. The molecule has 15 heavy (non-hydrogen) atoms. The van der Waals surface area contributed by atoms with Crippen LogP contribution in [0.1, 0.15) is 39.0 Å². The molecule has 0 aromatic carbocycles. The van der Waals surface area contributed by atoms with Gasteiger partial charge in [0.15, 0.2) is 0 Å². The van der Waals surface area contributed by atoms with E-state index in [2.05, 4.69) is 12.2 Å². The van der Waals surface area contributed by atoms with Crippen molar-refractivity contribution in [2.24, 2.45) is 5.73 Å². The fourth-order valence-corrected chi connectivity index (χ4v) is 1.14. The molecule has 0 bridgehead atoms. The van der Waals surface area contributed by atoms with Crippen LogP contribution in [0.3, 0.4) is 0 Å². The monoisotopic (exact) mass is 216 g/mol. The average Bonchev–Trinajstić information content (AvgIpc) is 2.17. The Bertz CT molecular complexity index is 207. The number of carboxylic acids is 1. The number of hydrogen-bond acceptors (Lipinski definition) is 3. The third kappa shape index (κ3) is 7.93. The van der Waals surface area contributed by atoms with E-state index in [0.29, 0.717) is 6.54 Å². The molecule has 0 radical (unpaired) electrons. The molecule has 0 heterocycles. The quantitative estimate of drug-likeness (QED) is 0.515. The minimum absolute atomic E-state index is 0.150. The first kappa shape index (κ1) is 13.9. The maximum atomic E-state index is 11.1. The second-order valence-electron chi connectivity index (χ2n) is 3.56. The Hall–Kier alpha value is -1.10. The average molecular weight is 216 g/mol. The molecular formula is C10H20N2O3. The molecule has 0 fully saturated rings. The van der Waals surface area contributed by atoms with Gasteiger partial charge in [-0.2, -0.15) is 0 Å². The summed E-state index contributed by atoms with van der Waals surface area (Å²) in [5, 5.41) is 11.1. The number of carboxylic acid groups (broad SMARTS) is 1. The number of unbranched alkanes of at least 4 members (excludes halogenated alkanes) is 3. The maximum absolute atomic E-state index is 11.1. The summed E-state index contributed by atoms with van der Waals surface area (Å²) in [5.41, 5.74) is 5.21. The molecule has 0 aliphatic heterocycles. The molecule has 0 aromatic rings. The van der Waals surface area contributed by atoms with Crippen LogP contribution in [0.4, 0.5) is 0 Å². The van der Waals surface area contributed by atoms with Crippen LogP contribution in [0, 0.1) is 0 Å². The van der Waals surface area contributed by atoms with E-state index in [4.69, 9.17) is 10.8 Å². The van der Waals surface area contributed by atoms with E-state index in [-0.39, 0.29) is 12.3 Å². The van der Waals surface area contributed by atoms with Crippen molar-refractivity contribution >= 4 is 11.9 Å². The zero-order valence-corrected chi connectivity index (χ0v) is 9.16. The van der Waals surface area contributed by atoms with E-state index in [1.165, 1.54) is 0 Å². The van der Waals surface area contributed by atoms with Crippen LogP contribution in [0.2, 0.25) is 0 Å². The van der Waals surface area contributed by atoms with Crippen molar-refractivity contribution in [3.8, 4) is 0 Å². The van der Waals surface area contributed by atoms with Crippen molar-refractivity contribution in [3.63, 3.8) is 0 Å². The lowest BCUT2D eigenvalue weighted by molar-refractivity contribution is -0.140. The molecule has 0 aliphatic carbocycles. The summed E-state index contributed by atoms with van der Waals surface area (Å²) in [7, 11) is 0. The highest BCUT2D eigenvalue weighted by Crippen LogP contribution is 1.97. The molecule has 0 aromatic heterocycles. The van der Waals surface area contributed by atoms with Crippen molar-refractivity contribution in [3.05, 3.63) is 0 Å². The second-order valence-corrected chi connectivity index (χ2v) is 3.56. The summed E-state index contributed by atoms with van der Waals surface area (Å²) >= 11 is 0. The maximum Gasteiger partial charge on any atom is 0.321 e. The second kappa shape index (κ2) is 8.23. The lowest BCUT2D eigenvalue weighted by Gasteiger charge is -2.07. The Morgan fingerprint density at radius 1 is 1.33 bits per heavy atom. The largest absolute Gasteiger partial charge is 0.480 e. The first-order chi connectivity index (χ1) is 7.07. The SMILES string of the molecule is CCCCCCNC(=O)C[C@@H](N)C(=O)O. The van der Waals surface area contributed by atoms with Gasteiger partial charge in [-0.3, -0.25) is 9.59 Å². The van der Waals surface area contributed by atoms with Crippen molar-refractivity contribution in [2.45, 2.75) is 45.1 Å². The van der Waals surface area contributed by atoms with Crippen LogP contribution in [0.25, 0.3) is 0 Å². The number of rotatable bonds is 8. The number of amides is 1. The molecule has 0 aliphatic rings. The van der Waals surface area contributed by atoms with Crippen LogP contribution in [-0.4, -0.2) is 29.6 Å². The first-order valence-corrected chi connectivity index (χ1v) is 5.33. The van der Waals surface area contributed by atoms with Gasteiger partial charge in [0.05, 0.1) is 6.42 Å². The van der Waals surface area contributed by atoms with Gasteiger partial charge in [0.25, 0.3) is 0 Å². The third-order valence-corrected chi connectivity index (χ3v) is 2.08. The Morgan fingerprint density at radius 3 is 2.53 bits per heavy atom. The van der Waals surface area contributed by atoms with Crippen molar-refractivity contribution in [1.82, 2.24) is 5.32 Å².